The number of H-pyrrole nitrogens is 1. The van der Waals surface area contributed by atoms with Gasteiger partial charge in [0.1, 0.15) is 17.1 Å². The van der Waals surface area contributed by atoms with Gasteiger partial charge < -0.3 is 14.4 Å². The predicted octanol–water partition coefficient (Wildman–Crippen LogP) is 1.80. The molecule has 118 valence electrons. The van der Waals surface area contributed by atoms with Crippen LogP contribution in [-0.4, -0.2) is 33.0 Å². The molecular weight excluding hydrogens is 296 g/mol. The summed E-state index contributed by atoms with van der Waals surface area (Å²) < 4.78 is 5.02. The first-order valence-corrected chi connectivity index (χ1v) is 7.13. The molecule has 1 N–H and O–H groups in total. The Bertz CT molecular complexity index is 922. The molecule has 0 aliphatic carbocycles. The zero-order valence-electron chi connectivity index (χ0n) is 13.1. The number of rotatable bonds is 3. The van der Waals surface area contributed by atoms with Gasteiger partial charge in [-0.25, -0.2) is 4.98 Å². The summed E-state index contributed by atoms with van der Waals surface area (Å²) in [5, 5.41) is 4.31. The van der Waals surface area contributed by atoms with Crippen molar-refractivity contribution in [2.24, 2.45) is 0 Å². The van der Waals surface area contributed by atoms with Crippen molar-refractivity contribution < 1.29 is 9.32 Å². The monoisotopic (exact) mass is 312 g/mol. The van der Waals surface area contributed by atoms with Crippen LogP contribution in [-0.2, 0) is 6.54 Å². The number of nitrogens with zero attached hydrogens (tertiary/aromatic N) is 3. The van der Waals surface area contributed by atoms with Gasteiger partial charge in [0.2, 0.25) is 0 Å². The minimum atomic E-state index is -0.225. The van der Waals surface area contributed by atoms with Crippen LogP contribution in [0.15, 0.2) is 33.6 Å². The number of carbonyl (C=O) groups excluding carboxylic acids is 1. The SMILES string of the molecule is Cc1noc(C)c1C(=O)N(C)Cc1nc2ccccc2c(=O)[nH]1. The van der Waals surface area contributed by atoms with E-state index >= 15 is 0 Å². The zero-order chi connectivity index (χ0) is 16.6. The van der Waals surface area contributed by atoms with E-state index in [1.807, 2.05) is 6.07 Å². The maximum absolute atomic E-state index is 12.5. The molecule has 0 unspecified atom stereocenters. The number of hydrogen-bond acceptors (Lipinski definition) is 5. The molecule has 0 radical (unpaired) electrons. The topological polar surface area (TPSA) is 92.1 Å². The highest BCUT2D eigenvalue weighted by Crippen LogP contribution is 2.15. The van der Waals surface area contributed by atoms with Crippen LogP contribution < -0.4 is 5.56 Å². The van der Waals surface area contributed by atoms with Gasteiger partial charge in [-0.3, -0.25) is 9.59 Å². The Morgan fingerprint density at radius 2 is 2.04 bits per heavy atom. The van der Waals surface area contributed by atoms with E-state index < -0.39 is 0 Å². The van der Waals surface area contributed by atoms with Gasteiger partial charge in [0, 0.05) is 7.05 Å². The fourth-order valence-electron chi connectivity index (χ4n) is 2.49. The van der Waals surface area contributed by atoms with Crippen molar-refractivity contribution in [1.29, 1.82) is 0 Å². The minimum absolute atomic E-state index is 0.183. The molecule has 0 aliphatic rings. The molecule has 3 aromatic rings. The first-order chi connectivity index (χ1) is 11.0. The van der Waals surface area contributed by atoms with Gasteiger partial charge in [0.15, 0.2) is 0 Å². The second-order valence-electron chi connectivity index (χ2n) is 5.39. The van der Waals surface area contributed by atoms with Crippen molar-refractivity contribution >= 4 is 16.8 Å². The van der Waals surface area contributed by atoms with Crippen molar-refractivity contribution in [2.45, 2.75) is 20.4 Å². The molecule has 1 aromatic carbocycles. The standard InChI is InChI=1S/C16H16N4O3/c1-9-14(10(2)23-19-9)16(22)20(3)8-13-17-12-7-5-4-6-11(12)15(21)18-13/h4-7H,8H2,1-3H3,(H,17,18,21). The molecule has 2 aromatic heterocycles. The van der Waals surface area contributed by atoms with Gasteiger partial charge in [0.25, 0.3) is 11.5 Å². The normalized spacial score (nSPS) is 10.9. The van der Waals surface area contributed by atoms with Crippen LogP contribution in [0.2, 0.25) is 0 Å². The van der Waals surface area contributed by atoms with Crippen LogP contribution in [0.1, 0.15) is 27.6 Å². The number of amides is 1. The number of aryl methyl sites for hydroxylation is 2. The van der Waals surface area contributed by atoms with Crippen LogP contribution in [0.25, 0.3) is 10.9 Å². The molecule has 0 fully saturated rings. The van der Waals surface area contributed by atoms with Crippen molar-refractivity contribution in [3.05, 3.63) is 57.5 Å². The summed E-state index contributed by atoms with van der Waals surface area (Å²) in [6.45, 7) is 3.59. The molecule has 7 heteroatoms. The summed E-state index contributed by atoms with van der Waals surface area (Å²) in [6.07, 6.45) is 0. The first kappa shape index (κ1) is 15.0. The summed E-state index contributed by atoms with van der Waals surface area (Å²) >= 11 is 0. The van der Waals surface area contributed by atoms with Gasteiger partial charge in [0.05, 0.1) is 23.1 Å². The van der Waals surface area contributed by atoms with Crippen LogP contribution in [0.4, 0.5) is 0 Å². The summed E-state index contributed by atoms with van der Waals surface area (Å²) in [7, 11) is 1.64. The molecule has 7 nitrogen and oxygen atoms in total. The van der Waals surface area contributed by atoms with E-state index in [4.69, 9.17) is 4.52 Å². The van der Waals surface area contributed by atoms with E-state index in [0.717, 1.165) is 0 Å². The number of carbonyl (C=O) groups is 1. The quantitative estimate of drug-likeness (QED) is 0.796. The molecule has 0 aliphatic heterocycles. The van der Waals surface area contributed by atoms with Crippen LogP contribution in [0, 0.1) is 13.8 Å². The molecular formula is C16H16N4O3. The lowest BCUT2D eigenvalue weighted by molar-refractivity contribution is 0.0779. The predicted molar refractivity (Wildman–Crippen MR) is 84.1 cm³/mol. The third-order valence-electron chi connectivity index (χ3n) is 3.64. The summed E-state index contributed by atoms with van der Waals surface area (Å²) in [4.78, 5) is 33.1. The lowest BCUT2D eigenvalue weighted by Gasteiger charge is -2.16. The van der Waals surface area contributed by atoms with Gasteiger partial charge in [-0.15, -0.1) is 0 Å². The lowest BCUT2D eigenvalue weighted by Crippen LogP contribution is -2.29. The third kappa shape index (κ3) is 2.73. The Kier molecular flexibility index (Phi) is 3.69. The Labute approximate surface area is 131 Å². The van der Waals surface area contributed by atoms with Gasteiger partial charge in [-0.05, 0) is 26.0 Å². The molecule has 0 bridgehead atoms. The molecule has 1 amide bonds. The highest BCUT2D eigenvalue weighted by Gasteiger charge is 2.21. The molecule has 0 spiro atoms. The van der Waals surface area contributed by atoms with Crippen molar-refractivity contribution in [3.8, 4) is 0 Å². The van der Waals surface area contributed by atoms with Crippen LogP contribution in [0.3, 0.4) is 0 Å². The number of nitrogens with one attached hydrogen (secondary N) is 1. The maximum atomic E-state index is 12.5. The zero-order valence-corrected chi connectivity index (χ0v) is 13.1. The number of aromatic nitrogens is 3. The number of aromatic amines is 1. The molecule has 2 heterocycles. The first-order valence-electron chi connectivity index (χ1n) is 7.13. The van der Waals surface area contributed by atoms with Crippen molar-refractivity contribution in [3.63, 3.8) is 0 Å². The van der Waals surface area contributed by atoms with E-state index in [2.05, 4.69) is 15.1 Å². The van der Waals surface area contributed by atoms with Crippen molar-refractivity contribution in [1.82, 2.24) is 20.0 Å². The number of hydrogen-bond donors (Lipinski definition) is 1. The molecule has 23 heavy (non-hydrogen) atoms. The molecule has 3 rings (SSSR count). The number of fused-ring (bicyclic) bond motifs is 1. The Balaban J connectivity index is 1.90. The maximum Gasteiger partial charge on any atom is 0.259 e. The second-order valence-corrected chi connectivity index (χ2v) is 5.39. The lowest BCUT2D eigenvalue weighted by atomic mass is 10.2. The van der Waals surface area contributed by atoms with Gasteiger partial charge in [-0.1, -0.05) is 17.3 Å². The number of para-hydroxylation sites is 1. The summed E-state index contributed by atoms with van der Waals surface area (Å²) in [5.41, 5.74) is 1.36. The third-order valence-corrected chi connectivity index (χ3v) is 3.64. The average molecular weight is 312 g/mol. The van der Waals surface area contributed by atoms with Crippen LogP contribution in [0.5, 0.6) is 0 Å². The molecule has 0 atom stereocenters. The largest absolute Gasteiger partial charge is 0.361 e. The Morgan fingerprint density at radius 3 is 2.74 bits per heavy atom. The fraction of sp³-hybridized carbons (Fsp3) is 0.250. The molecule has 0 saturated carbocycles. The molecule has 0 saturated heterocycles. The van der Waals surface area contributed by atoms with Gasteiger partial charge in [-0.2, -0.15) is 0 Å². The highest BCUT2D eigenvalue weighted by molar-refractivity contribution is 5.95. The van der Waals surface area contributed by atoms with E-state index in [0.29, 0.717) is 33.7 Å². The summed E-state index contributed by atoms with van der Waals surface area (Å²) in [5.74, 6) is 0.674. The average Bonchev–Trinajstić information content (AvgIpc) is 2.85. The van der Waals surface area contributed by atoms with E-state index in [1.165, 1.54) is 4.90 Å². The van der Waals surface area contributed by atoms with E-state index in [1.54, 1.807) is 39.1 Å². The second kappa shape index (κ2) is 5.68. The minimum Gasteiger partial charge on any atom is -0.361 e. The fourth-order valence-corrected chi connectivity index (χ4v) is 2.49. The Morgan fingerprint density at radius 1 is 1.30 bits per heavy atom. The van der Waals surface area contributed by atoms with Gasteiger partial charge >= 0.3 is 0 Å². The number of benzene rings is 1. The Hall–Kier alpha value is -2.96. The van der Waals surface area contributed by atoms with E-state index in [-0.39, 0.29) is 18.0 Å². The van der Waals surface area contributed by atoms with E-state index in [9.17, 15) is 9.59 Å². The van der Waals surface area contributed by atoms with Crippen LogP contribution >= 0.6 is 0 Å². The highest BCUT2D eigenvalue weighted by atomic mass is 16.5. The van der Waals surface area contributed by atoms with Crippen molar-refractivity contribution in [2.75, 3.05) is 7.05 Å². The smallest absolute Gasteiger partial charge is 0.259 e. The summed E-state index contributed by atoms with van der Waals surface area (Å²) in [6, 6.07) is 7.08.